The fourth-order valence-corrected chi connectivity index (χ4v) is 1.63. The van der Waals surface area contributed by atoms with E-state index in [0.717, 1.165) is 6.42 Å². The Morgan fingerprint density at radius 2 is 1.95 bits per heavy atom. The smallest absolute Gasteiger partial charge is 0.257 e. The van der Waals surface area contributed by atoms with Crippen LogP contribution in [0.1, 0.15) is 41.0 Å². The van der Waals surface area contributed by atoms with E-state index in [0.29, 0.717) is 18.2 Å². The standard InChI is InChI=1S/C14H25N3O2/c1-6-11(4)14(5,18)9-17-12-13(19-10(2)3)16-8-7-15-12/h7-8,10-11,18H,6,9H2,1-5H3,(H,15,17). The molecule has 108 valence electrons. The molecule has 19 heavy (non-hydrogen) atoms. The van der Waals surface area contributed by atoms with Crippen molar-refractivity contribution in [3.05, 3.63) is 12.4 Å². The molecule has 0 aromatic carbocycles. The van der Waals surface area contributed by atoms with Gasteiger partial charge in [0, 0.05) is 18.9 Å². The quantitative estimate of drug-likeness (QED) is 0.794. The van der Waals surface area contributed by atoms with Gasteiger partial charge in [0.25, 0.3) is 5.88 Å². The van der Waals surface area contributed by atoms with Crippen LogP contribution < -0.4 is 10.1 Å². The van der Waals surface area contributed by atoms with Crippen LogP contribution in [0, 0.1) is 5.92 Å². The molecule has 2 atom stereocenters. The molecular formula is C14H25N3O2. The highest BCUT2D eigenvalue weighted by molar-refractivity contribution is 5.44. The Kier molecular flexibility index (Phi) is 5.54. The Hall–Kier alpha value is -1.36. The minimum Gasteiger partial charge on any atom is -0.472 e. The molecule has 0 radical (unpaired) electrons. The predicted molar refractivity (Wildman–Crippen MR) is 76.4 cm³/mol. The molecule has 5 heteroatoms. The first-order valence-corrected chi connectivity index (χ1v) is 6.80. The average Bonchev–Trinajstić information content (AvgIpc) is 2.36. The number of hydrogen-bond donors (Lipinski definition) is 2. The summed E-state index contributed by atoms with van der Waals surface area (Å²) in [4.78, 5) is 8.37. The lowest BCUT2D eigenvalue weighted by molar-refractivity contribution is 0.0174. The molecule has 0 saturated carbocycles. The van der Waals surface area contributed by atoms with Crippen molar-refractivity contribution in [1.29, 1.82) is 0 Å². The van der Waals surface area contributed by atoms with Gasteiger partial charge in [-0.2, -0.15) is 0 Å². The molecule has 0 fully saturated rings. The molecule has 0 bridgehead atoms. The minimum absolute atomic E-state index is 0.0346. The predicted octanol–water partition coefficient (Wildman–Crippen LogP) is 2.47. The summed E-state index contributed by atoms with van der Waals surface area (Å²) in [6.45, 7) is 10.2. The van der Waals surface area contributed by atoms with Crippen LogP contribution in [0.2, 0.25) is 0 Å². The van der Waals surface area contributed by atoms with E-state index in [1.165, 1.54) is 0 Å². The summed E-state index contributed by atoms with van der Waals surface area (Å²) in [6.07, 6.45) is 4.15. The molecule has 0 amide bonds. The maximum atomic E-state index is 10.4. The normalized spacial score (nSPS) is 15.9. The van der Waals surface area contributed by atoms with Gasteiger partial charge >= 0.3 is 0 Å². The Morgan fingerprint density at radius 3 is 2.53 bits per heavy atom. The molecule has 1 heterocycles. The number of aliphatic hydroxyl groups is 1. The number of ether oxygens (including phenoxy) is 1. The zero-order valence-electron chi connectivity index (χ0n) is 12.5. The Morgan fingerprint density at radius 1 is 1.32 bits per heavy atom. The molecule has 0 spiro atoms. The van der Waals surface area contributed by atoms with E-state index >= 15 is 0 Å². The fraction of sp³-hybridized carbons (Fsp3) is 0.714. The maximum Gasteiger partial charge on any atom is 0.257 e. The van der Waals surface area contributed by atoms with Gasteiger partial charge in [-0.25, -0.2) is 9.97 Å². The molecule has 0 saturated heterocycles. The number of nitrogens with one attached hydrogen (secondary N) is 1. The molecule has 2 unspecified atom stereocenters. The summed E-state index contributed by atoms with van der Waals surface area (Å²) in [5.74, 6) is 1.24. The van der Waals surface area contributed by atoms with Crippen molar-refractivity contribution >= 4 is 5.82 Å². The van der Waals surface area contributed by atoms with Gasteiger partial charge < -0.3 is 15.2 Å². The van der Waals surface area contributed by atoms with Crippen molar-refractivity contribution in [3.8, 4) is 5.88 Å². The average molecular weight is 267 g/mol. The van der Waals surface area contributed by atoms with Crippen molar-refractivity contribution in [1.82, 2.24) is 9.97 Å². The van der Waals surface area contributed by atoms with E-state index in [4.69, 9.17) is 4.74 Å². The Labute approximate surface area is 115 Å². The topological polar surface area (TPSA) is 67.3 Å². The second-order valence-corrected chi connectivity index (χ2v) is 5.40. The lowest BCUT2D eigenvalue weighted by atomic mass is 9.89. The van der Waals surface area contributed by atoms with Crippen LogP contribution in [-0.2, 0) is 0 Å². The zero-order chi connectivity index (χ0) is 14.5. The zero-order valence-corrected chi connectivity index (χ0v) is 12.5. The van der Waals surface area contributed by atoms with Crippen LogP contribution >= 0.6 is 0 Å². The van der Waals surface area contributed by atoms with Crippen LogP contribution in [0.15, 0.2) is 12.4 Å². The lowest BCUT2D eigenvalue weighted by Gasteiger charge is -2.30. The third-order valence-electron chi connectivity index (χ3n) is 3.30. The molecule has 1 aromatic heterocycles. The first kappa shape index (κ1) is 15.7. The SMILES string of the molecule is CCC(C)C(C)(O)CNc1nccnc1OC(C)C. The number of rotatable bonds is 7. The summed E-state index contributed by atoms with van der Waals surface area (Å²) in [5, 5.41) is 13.5. The highest BCUT2D eigenvalue weighted by Gasteiger charge is 2.27. The van der Waals surface area contributed by atoms with Crippen LogP contribution in [0.25, 0.3) is 0 Å². The number of aromatic nitrogens is 2. The third-order valence-corrected chi connectivity index (χ3v) is 3.30. The molecule has 2 N–H and O–H groups in total. The summed E-state index contributed by atoms with van der Waals surface area (Å²) in [6, 6.07) is 0. The van der Waals surface area contributed by atoms with Gasteiger partial charge in [-0.1, -0.05) is 20.3 Å². The number of nitrogens with zero attached hydrogens (tertiary/aromatic N) is 2. The van der Waals surface area contributed by atoms with Gasteiger partial charge in [-0.15, -0.1) is 0 Å². The van der Waals surface area contributed by atoms with Crippen molar-refractivity contribution in [2.24, 2.45) is 5.92 Å². The largest absolute Gasteiger partial charge is 0.472 e. The number of hydrogen-bond acceptors (Lipinski definition) is 5. The number of anilines is 1. The maximum absolute atomic E-state index is 10.4. The summed E-state index contributed by atoms with van der Waals surface area (Å²) < 4.78 is 5.58. The van der Waals surface area contributed by atoms with E-state index < -0.39 is 5.60 Å². The van der Waals surface area contributed by atoms with Crippen molar-refractivity contribution < 1.29 is 9.84 Å². The van der Waals surface area contributed by atoms with Gasteiger partial charge in [0.15, 0.2) is 5.82 Å². The lowest BCUT2D eigenvalue weighted by Crippen LogP contribution is -2.40. The Bertz CT molecular complexity index is 394. The Balaban J connectivity index is 2.72. The van der Waals surface area contributed by atoms with Crippen LogP contribution in [0.5, 0.6) is 5.88 Å². The molecule has 0 aliphatic carbocycles. The van der Waals surface area contributed by atoms with E-state index in [1.807, 2.05) is 27.7 Å². The van der Waals surface area contributed by atoms with Gasteiger partial charge in [0.1, 0.15) is 0 Å². The summed E-state index contributed by atoms with van der Waals surface area (Å²) >= 11 is 0. The molecule has 5 nitrogen and oxygen atoms in total. The van der Waals surface area contributed by atoms with E-state index in [-0.39, 0.29) is 12.0 Å². The first-order chi connectivity index (χ1) is 8.86. The van der Waals surface area contributed by atoms with Crippen molar-refractivity contribution in [2.45, 2.75) is 52.7 Å². The monoisotopic (exact) mass is 267 g/mol. The van der Waals surface area contributed by atoms with E-state index in [2.05, 4.69) is 22.2 Å². The molecule has 0 aliphatic rings. The highest BCUT2D eigenvalue weighted by atomic mass is 16.5. The molecular weight excluding hydrogens is 242 g/mol. The van der Waals surface area contributed by atoms with E-state index in [1.54, 1.807) is 12.4 Å². The van der Waals surface area contributed by atoms with Gasteiger partial charge in [0.2, 0.25) is 0 Å². The molecule has 0 aliphatic heterocycles. The van der Waals surface area contributed by atoms with Crippen LogP contribution in [-0.4, -0.2) is 33.3 Å². The van der Waals surface area contributed by atoms with Gasteiger partial charge in [-0.3, -0.25) is 0 Å². The van der Waals surface area contributed by atoms with Crippen molar-refractivity contribution in [3.63, 3.8) is 0 Å². The second kappa shape index (κ2) is 6.70. The summed E-state index contributed by atoms with van der Waals surface area (Å²) in [7, 11) is 0. The molecule has 1 aromatic rings. The summed E-state index contributed by atoms with van der Waals surface area (Å²) in [5.41, 5.74) is -0.790. The second-order valence-electron chi connectivity index (χ2n) is 5.40. The third kappa shape index (κ3) is 4.67. The fourth-order valence-electron chi connectivity index (χ4n) is 1.63. The minimum atomic E-state index is -0.790. The first-order valence-electron chi connectivity index (χ1n) is 6.80. The molecule has 1 rings (SSSR count). The highest BCUT2D eigenvalue weighted by Crippen LogP contribution is 2.23. The van der Waals surface area contributed by atoms with E-state index in [9.17, 15) is 5.11 Å². The van der Waals surface area contributed by atoms with Crippen LogP contribution in [0.4, 0.5) is 5.82 Å². The van der Waals surface area contributed by atoms with Gasteiger partial charge in [-0.05, 0) is 26.7 Å². The van der Waals surface area contributed by atoms with Gasteiger partial charge in [0.05, 0.1) is 11.7 Å². The van der Waals surface area contributed by atoms with Crippen LogP contribution in [0.3, 0.4) is 0 Å². The van der Waals surface area contributed by atoms with Crippen molar-refractivity contribution in [2.75, 3.05) is 11.9 Å².